The van der Waals surface area contributed by atoms with Crippen molar-refractivity contribution in [1.82, 2.24) is 0 Å². The van der Waals surface area contributed by atoms with E-state index in [1.807, 2.05) is 0 Å². The first-order valence-corrected chi connectivity index (χ1v) is 4.55. The smallest absolute Gasteiger partial charge is 0.308 e. The number of aliphatic carboxylic acids is 1. The Labute approximate surface area is 81.7 Å². The minimum atomic E-state index is -1.20. The third kappa shape index (κ3) is 2.99. The lowest BCUT2D eigenvalue weighted by Crippen LogP contribution is -2.42. The number of hydrogen-bond donors (Lipinski definition) is 2. The van der Waals surface area contributed by atoms with Crippen LogP contribution in [0.2, 0.25) is 0 Å². The van der Waals surface area contributed by atoms with Gasteiger partial charge in [-0.2, -0.15) is 0 Å². The van der Waals surface area contributed by atoms with Crippen molar-refractivity contribution in [3.05, 3.63) is 0 Å². The highest BCUT2D eigenvalue weighted by atomic mass is 16.5. The molecule has 5 nitrogen and oxygen atoms in total. The zero-order valence-corrected chi connectivity index (χ0v) is 8.02. The van der Waals surface area contributed by atoms with Gasteiger partial charge in [0.05, 0.1) is 12.0 Å². The molecule has 1 rings (SSSR count). The molecule has 14 heavy (non-hydrogen) atoms. The third-order valence-corrected chi connectivity index (χ3v) is 2.28. The molecule has 0 spiro atoms. The van der Waals surface area contributed by atoms with Gasteiger partial charge in [0, 0.05) is 12.8 Å². The summed E-state index contributed by atoms with van der Waals surface area (Å²) in [5.74, 6) is -1.43. The maximum Gasteiger partial charge on any atom is 0.308 e. The van der Waals surface area contributed by atoms with E-state index in [1.54, 1.807) is 6.92 Å². The quantitative estimate of drug-likeness (QED) is 0.643. The highest BCUT2D eigenvalue weighted by molar-refractivity contribution is 5.72. The van der Waals surface area contributed by atoms with Crippen LogP contribution in [0.1, 0.15) is 32.6 Å². The number of ether oxygens (including phenoxy) is 1. The van der Waals surface area contributed by atoms with Crippen LogP contribution in [0.4, 0.5) is 0 Å². The van der Waals surface area contributed by atoms with Crippen molar-refractivity contribution in [2.24, 2.45) is 0 Å². The van der Waals surface area contributed by atoms with E-state index in [9.17, 15) is 14.7 Å². The summed E-state index contributed by atoms with van der Waals surface area (Å²) in [6, 6.07) is 0. The van der Waals surface area contributed by atoms with E-state index >= 15 is 0 Å². The van der Waals surface area contributed by atoms with Gasteiger partial charge in [0.1, 0.15) is 6.10 Å². The first-order chi connectivity index (χ1) is 6.41. The SMILES string of the molecule is CC1CC(O)(CCC(=O)O)CC(=O)O1. The summed E-state index contributed by atoms with van der Waals surface area (Å²) in [4.78, 5) is 21.3. The van der Waals surface area contributed by atoms with Crippen molar-refractivity contribution in [1.29, 1.82) is 0 Å². The number of carboxylic acids is 1. The number of hydrogen-bond acceptors (Lipinski definition) is 4. The predicted octanol–water partition coefficient (Wildman–Crippen LogP) is 0.308. The van der Waals surface area contributed by atoms with Gasteiger partial charge in [-0.05, 0) is 13.3 Å². The molecule has 1 aliphatic heterocycles. The molecule has 80 valence electrons. The second-order valence-electron chi connectivity index (χ2n) is 3.80. The molecule has 1 aliphatic rings. The average molecular weight is 202 g/mol. The first kappa shape index (κ1) is 11.0. The lowest BCUT2D eigenvalue weighted by molar-refractivity contribution is -0.170. The van der Waals surface area contributed by atoms with Gasteiger partial charge in [-0.15, -0.1) is 0 Å². The van der Waals surface area contributed by atoms with Crippen molar-refractivity contribution in [3.63, 3.8) is 0 Å². The minimum absolute atomic E-state index is 0.0990. The predicted molar refractivity (Wildman–Crippen MR) is 46.6 cm³/mol. The number of rotatable bonds is 3. The number of esters is 1. The maximum absolute atomic E-state index is 11.0. The molecule has 0 saturated carbocycles. The van der Waals surface area contributed by atoms with E-state index in [0.29, 0.717) is 6.42 Å². The molecule has 0 aromatic carbocycles. The highest BCUT2D eigenvalue weighted by Gasteiger charge is 2.38. The fourth-order valence-corrected chi connectivity index (χ4v) is 1.71. The standard InChI is InChI=1S/C9H14O5/c1-6-4-9(13,3-2-7(10)11)5-8(12)14-6/h6,13H,2-5H2,1H3,(H,10,11). The lowest BCUT2D eigenvalue weighted by Gasteiger charge is -2.34. The van der Waals surface area contributed by atoms with Crippen LogP contribution in [-0.2, 0) is 14.3 Å². The Hall–Kier alpha value is -1.10. The summed E-state index contributed by atoms with van der Waals surface area (Å²) < 4.78 is 4.84. The largest absolute Gasteiger partial charge is 0.481 e. The van der Waals surface area contributed by atoms with Gasteiger partial charge in [-0.25, -0.2) is 0 Å². The number of carbonyl (C=O) groups is 2. The molecule has 0 aliphatic carbocycles. The average Bonchev–Trinajstić information content (AvgIpc) is 1.98. The molecule has 0 radical (unpaired) electrons. The number of aliphatic hydroxyl groups is 1. The van der Waals surface area contributed by atoms with Crippen molar-refractivity contribution >= 4 is 11.9 Å². The summed E-state index contributed by atoms with van der Waals surface area (Å²) in [7, 11) is 0. The Morgan fingerprint density at radius 3 is 2.86 bits per heavy atom. The van der Waals surface area contributed by atoms with E-state index in [4.69, 9.17) is 9.84 Å². The normalized spacial score (nSPS) is 32.4. The molecule has 2 atom stereocenters. The number of carbonyl (C=O) groups excluding carboxylic acids is 1. The van der Waals surface area contributed by atoms with Gasteiger partial charge < -0.3 is 14.9 Å². The summed E-state index contributed by atoms with van der Waals surface area (Å²) in [5.41, 5.74) is -1.20. The van der Waals surface area contributed by atoms with Gasteiger partial charge in [-0.3, -0.25) is 9.59 Å². The Kier molecular flexibility index (Phi) is 3.10. The maximum atomic E-state index is 11.0. The van der Waals surface area contributed by atoms with Crippen molar-refractivity contribution < 1.29 is 24.5 Å². The lowest BCUT2D eigenvalue weighted by atomic mass is 9.86. The van der Waals surface area contributed by atoms with Gasteiger partial charge in [-0.1, -0.05) is 0 Å². The Morgan fingerprint density at radius 1 is 1.71 bits per heavy atom. The molecule has 2 unspecified atom stereocenters. The number of cyclic esters (lactones) is 1. The van der Waals surface area contributed by atoms with Crippen LogP contribution >= 0.6 is 0 Å². The van der Waals surface area contributed by atoms with Gasteiger partial charge >= 0.3 is 11.9 Å². The monoisotopic (exact) mass is 202 g/mol. The zero-order valence-electron chi connectivity index (χ0n) is 8.02. The molecule has 5 heteroatoms. The fourth-order valence-electron chi connectivity index (χ4n) is 1.71. The molecule has 0 amide bonds. The topological polar surface area (TPSA) is 83.8 Å². The van der Waals surface area contributed by atoms with Crippen LogP contribution in [0.25, 0.3) is 0 Å². The molecule has 1 fully saturated rings. The van der Waals surface area contributed by atoms with Crippen molar-refractivity contribution in [2.45, 2.75) is 44.3 Å². The Morgan fingerprint density at radius 2 is 2.36 bits per heavy atom. The Bertz CT molecular complexity index is 250. The molecule has 0 aromatic heterocycles. The molecule has 2 N–H and O–H groups in total. The first-order valence-electron chi connectivity index (χ1n) is 4.55. The highest BCUT2D eigenvalue weighted by Crippen LogP contribution is 2.29. The van der Waals surface area contributed by atoms with E-state index < -0.39 is 17.5 Å². The van der Waals surface area contributed by atoms with E-state index in [2.05, 4.69) is 0 Å². The zero-order chi connectivity index (χ0) is 10.8. The van der Waals surface area contributed by atoms with Crippen molar-refractivity contribution in [3.8, 4) is 0 Å². The fraction of sp³-hybridized carbons (Fsp3) is 0.778. The van der Waals surface area contributed by atoms with Crippen LogP contribution in [-0.4, -0.2) is 33.9 Å². The summed E-state index contributed by atoms with van der Waals surface area (Å²) in [5, 5.41) is 18.4. The summed E-state index contributed by atoms with van der Waals surface area (Å²) in [6.07, 6.45) is -0.162. The van der Waals surface area contributed by atoms with E-state index in [-0.39, 0.29) is 25.4 Å². The summed E-state index contributed by atoms with van der Waals surface area (Å²) in [6.45, 7) is 1.68. The molecule has 0 aromatic rings. The van der Waals surface area contributed by atoms with Crippen molar-refractivity contribution in [2.75, 3.05) is 0 Å². The van der Waals surface area contributed by atoms with Crippen LogP contribution in [0.3, 0.4) is 0 Å². The molecular weight excluding hydrogens is 188 g/mol. The van der Waals surface area contributed by atoms with Crippen LogP contribution in [0.5, 0.6) is 0 Å². The van der Waals surface area contributed by atoms with Crippen LogP contribution in [0, 0.1) is 0 Å². The second-order valence-corrected chi connectivity index (χ2v) is 3.80. The van der Waals surface area contributed by atoms with Crippen LogP contribution < -0.4 is 0 Å². The summed E-state index contributed by atoms with van der Waals surface area (Å²) >= 11 is 0. The molecule has 0 bridgehead atoms. The third-order valence-electron chi connectivity index (χ3n) is 2.28. The molecule has 1 saturated heterocycles. The van der Waals surface area contributed by atoms with E-state index in [1.165, 1.54) is 0 Å². The van der Waals surface area contributed by atoms with Gasteiger partial charge in [0.25, 0.3) is 0 Å². The second kappa shape index (κ2) is 3.96. The minimum Gasteiger partial charge on any atom is -0.481 e. The van der Waals surface area contributed by atoms with Gasteiger partial charge in [0.15, 0.2) is 0 Å². The number of carboxylic acid groups (broad SMARTS) is 1. The Balaban J connectivity index is 2.54. The molecular formula is C9H14O5. The van der Waals surface area contributed by atoms with E-state index in [0.717, 1.165) is 0 Å². The van der Waals surface area contributed by atoms with Crippen LogP contribution in [0.15, 0.2) is 0 Å². The molecule has 1 heterocycles. The van der Waals surface area contributed by atoms with Gasteiger partial charge in [0.2, 0.25) is 0 Å².